The fourth-order valence-electron chi connectivity index (χ4n) is 0.380. The van der Waals surface area contributed by atoms with Crippen molar-refractivity contribution in [2.75, 3.05) is 0 Å². The molecule has 0 aromatic rings. The van der Waals surface area contributed by atoms with E-state index in [0.29, 0.717) is 12.7 Å². The number of carbonyl (C=O) groups is 2. The van der Waals surface area contributed by atoms with Gasteiger partial charge in [-0.1, -0.05) is 6.92 Å². The molecule has 2 unspecified atom stereocenters. The van der Waals surface area contributed by atoms with E-state index in [1.54, 1.807) is 6.92 Å². The minimum absolute atomic E-state index is 0.331. The maximum atomic E-state index is 10.7. The molecule has 4 nitrogen and oxygen atoms in total. The van der Waals surface area contributed by atoms with E-state index in [0.717, 1.165) is 0 Å². The summed E-state index contributed by atoms with van der Waals surface area (Å²) in [5.74, 6) is -1.48. The molecular weight excluding hydrogens is 148 g/mol. The second kappa shape index (κ2) is 4.85. The van der Waals surface area contributed by atoms with E-state index >= 15 is 0 Å². The summed E-state index contributed by atoms with van der Waals surface area (Å²) in [5, 5.41) is 8.81. The van der Waals surface area contributed by atoms with Gasteiger partial charge in [0, 0.05) is 6.42 Å². The molecule has 0 amide bonds. The van der Waals surface area contributed by atoms with Crippen LogP contribution in [0.15, 0.2) is 0 Å². The lowest BCUT2D eigenvalue weighted by Gasteiger charge is -2.10. The quantitative estimate of drug-likeness (QED) is 0.274. The van der Waals surface area contributed by atoms with Crippen LogP contribution in [-0.2, 0) is 14.3 Å². The smallest absolute Gasteiger partial charge is 0.318 e. The second-order valence-corrected chi connectivity index (χ2v) is 2.22. The molecule has 4 heteroatoms. The molecule has 0 aromatic heterocycles. The Balaban J connectivity index is 3.77. The van der Waals surface area contributed by atoms with E-state index < -0.39 is 18.2 Å². The average Bonchev–Trinajstić information content (AvgIpc) is 2.02. The van der Waals surface area contributed by atoms with Gasteiger partial charge in [-0.2, -0.15) is 0 Å². The van der Waals surface area contributed by atoms with Crippen LogP contribution in [0.4, 0.5) is 0 Å². The van der Waals surface area contributed by atoms with Gasteiger partial charge in [0.1, 0.15) is 12.2 Å². The minimum Gasteiger partial charge on any atom is -0.435 e. The lowest BCUT2D eigenvalue weighted by Crippen LogP contribution is -2.22. The largest absolute Gasteiger partial charge is 0.435 e. The zero-order valence-corrected chi connectivity index (χ0v) is 6.61. The predicted molar refractivity (Wildman–Crippen MR) is 37.6 cm³/mol. The van der Waals surface area contributed by atoms with E-state index in [9.17, 15) is 9.59 Å². The summed E-state index contributed by atoms with van der Waals surface area (Å²) in [6, 6.07) is 0. The topological polar surface area (TPSA) is 63.6 Å². The Kier molecular flexibility index (Phi) is 4.45. The summed E-state index contributed by atoms with van der Waals surface area (Å²) in [5.41, 5.74) is 0. The third kappa shape index (κ3) is 3.72. The molecular formula is C7H12O4. The van der Waals surface area contributed by atoms with Crippen LogP contribution in [0.2, 0.25) is 0 Å². The fourth-order valence-corrected chi connectivity index (χ4v) is 0.380. The summed E-state index contributed by atoms with van der Waals surface area (Å²) in [7, 11) is 0. The summed E-state index contributed by atoms with van der Waals surface area (Å²) in [6.07, 6.45) is -0.285. The molecule has 0 aromatic carbocycles. The van der Waals surface area contributed by atoms with Crippen molar-refractivity contribution in [1.29, 1.82) is 0 Å². The maximum absolute atomic E-state index is 10.7. The standard InChI is InChI=1S/C7H12O4/c1-3-6(9)11-7(10)5(2)4-8/h4-6,9H,3H2,1-2H3. The van der Waals surface area contributed by atoms with Crippen molar-refractivity contribution in [2.45, 2.75) is 26.6 Å². The number of aliphatic hydroxyl groups is 1. The van der Waals surface area contributed by atoms with E-state index in [2.05, 4.69) is 4.74 Å². The fraction of sp³-hybridized carbons (Fsp3) is 0.714. The van der Waals surface area contributed by atoms with Gasteiger partial charge in [0.25, 0.3) is 0 Å². The molecule has 2 atom stereocenters. The first-order valence-electron chi connectivity index (χ1n) is 3.45. The third-order valence-electron chi connectivity index (χ3n) is 1.18. The molecule has 1 N–H and O–H groups in total. The predicted octanol–water partition coefficient (Wildman–Crippen LogP) is 0.0930. The lowest BCUT2D eigenvalue weighted by atomic mass is 10.2. The van der Waals surface area contributed by atoms with Gasteiger partial charge in [0.2, 0.25) is 0 Å². The number of hydrogen-bond acceptors (Lipinski definition) is 4. The number of carbonyl (C=O) groups excluding carboxylic acids is 2. The van der Waals surface area contributed by atoms with Gasteiger partial charge in [-0.15, -0.1) is 0 Å². The van der Waals surface area contributed by atoms with Gasteiger partial charge >= 0.3 is 5.97 Å². The van der Waals surface area contributed by atoms with Crippen LogP contribution in [0.3, 0.4) is 0 Å². The van der Waals surface area contributed by atoms with Crippen molar-refractivity contribution in [3.05, 3.63) is 0 Å². The molecule has 0 aliphatic heterocycles. The van der Waals surface area contributed by atoms with Crippen LogP contribution in [0.25, 0.3) is 0 Å². The van der Waals surface area contributed by atoms with Crippen LogP contribution < -0.4 is 0 Å². The highest BCUT2D eigenvalue weighted by Crippen LogP contribution is 1.99. The van der Waals surface area contributed by atoms with Gasteiger partial charge in [-0.05, 0) is 6.92 Å². The van der Waals surface area contributed by atoms with Crippen LogP contribution in [0, 0.1) is 5.92 Å². The number of hydrogen-bond donors (Lipinski definition) is 1. The maximum Gasteiger partial charge on any atom is 0.318 e. The lowest BCUT2D eigenvalue weighted by molar-refractivity contribution is -0.172. The Morgan fingerprint density at radius 2 is 2.27 bits per heavy atom. The summed E-state index contributed by atoms with van der Waals surface area (Å²) < 4.78 is 4.44. The first-order chi connectivity index (χ1) is 5.11. The molecule has 0 spiro atoms. The van der Waals surface area contributed by atoms with E-state index in [1.165, 1.54) is 6.92 Å². The van der Waals surface area contributed by atoms with Crippen molar-refractivity contribution in [1.82, 2.24) is 0 Å². The molecule has 0 saturated carbocycles. The molecule has 0 rings (SSSR count). The molecule has 0 aliphatic carbocycles. The normalized spacial score (nSPS) is 15.2. The molecule has 0 aliphatic rings. The highest BCUT2D eigenvalue weighted by Gasteiger charge is 2.15. The van der Waals surface area contributed by atoms with Gasteiger partial charge < -0.3 is 14.6 Å². The second-order valence-electron chi connectivity index (χ2n) is 2.22. The summed E-state index contributed by atoms with van der Waals surface area (Å²) >= 11 is 0. The summed E-state index contributed by atoms with van der Waals surface area (Å²) in [6.45, 7) is 3.08. The first kappa shape index (κ1) is 10.1. The highest BCUT2D eigenvalue weighted by atomic mass is 16.6. The highest BCUT2D eigenvalue weighted by molar-refractivity contribution is 5.87. The molecule has 11 heavy (non-hydrogen) atoms. The third-order valence-corrected chi connectivity index (χ3v) is 1.18. The number of aliphatic hydroxyl groups excluding tert-OH is 1. The van der Waals surface area contributed by atoms with Gasteiger partial charge in [-0.25, -0.2) is 0 Å². The molecule has 0 fully saturated rings. The average molecular weight is 160 g/mol. The zero-order chi connectivity index (χ0) is 8.85. The van der Waals surface area contributed by atoms with Crippen molar-refractivity contribution >= 4 is 12.3 Å². The Bertz CT molecular complexity index is 143. The van der Waals surface area contributed by atoms with Crippen molar-refractivity contribution in [3.8, 4) is 0 Å². The Morgan fingerprint density at radius 1 is 1.73 bits per heavy atom. The summed E-state index contributed by atoms with van der Waals surface area (Å²) in [4.78, 5) is 20.8. The number of aldehydes is 1. The first-order valence-corrected chi connectivity index (χ1v) is 3.45. The molecule has 0 heterocycles. The van der Waals surface area contributed by atoms with E-state index in [1.807, 2.05) is 0 Å². The molecule has 64 valence electrons. The van der Waals surface area contributed by atoms with E-state index in [-0.39, 0.29) is 0 Å². The van der Waals surface area contributed by atoms with Crippen LogP contribution in [-0.4, -0.2) is 23.7 Å². The molecule has 0 saturated heterocycles. The van der Waals surface area contributed by atoms with Crippen molar-refractivity contribution < 1.29 is 19.4 Å². The Labute approximate surface area is 65.2 Å². The molecule has 0 radical (unpaired) electrons. The molecule has 0 bridgehead atoms. The van der Waals surface area contributed by atoms with Gasteiger partial charge in [-0.3, -0.25) is 4.79 Å². The Hall–Kier alpha value is -0.900. The number of rotatable bonds is 4. The van der Waals surface area contributed by atoms with Crippen LogP contribution >= 0.6 is 0 Å². The zero-order valence-electron chi connectivity index (χ0n) is 6.61. The monoisotopic (exact) mass is 160 g/mol. The van der Waals surface area contributed by atoms with Crippen LogP contribution in [0.5, 0.6) is 0 Å². The number of esters is 1. The van der Waals surface area contributed by atoms with Crippen molar-refractivity contribution in [3.63, 3.8) is 0 Å². The SMILES string of the molecule is CCC(O)OC(=O)C(C)C=O. The van der Waals surface area contributed by atoms with Gasteiger partial charge in [0.15, 0.2) is 6.29 Å². The Morgan fingerprint density at radius 3 is 2.64 bits per heavy atom. The van der Waals surface area contributed by atoms with Gasteiger partial charge in [0.05, 0.1) is 0 Å². The van der Waals surface area contributed by atoms with E-state index in [4.69, 9.17) is 5.11 Å². The minimum atomic E-state index is -1.09. The number of ether oxygens (including phenoxy) is 1. The van der Waals surface area contributed by atoms with Crippen LogP contribution in [0.1, 0.15) is 20.3 Å². The van der Waals surface area contributed by atoms with Crippen molar-refractivity contribution in [2.24, 2.45) is 5.92 Å².